The zero-order valence-corrected chi connectivity index (χ0v) is 9.03. The number of rotatable bonds is 0. The first-order valence-corrected chi connectivity index (χ1v) is 5.25. The second-order valence-corrected chi connectivity index (χ2v) is 4.08. The van der Waals surface area contributed by atoms with Gasteiger partial charge in [-0.05, 0) is 36.8 Å². The van der Waals surface area contributed by atoms with E-state index in [4.69, 9.17) is 10.2 Å². The predicted octanol–water partition coefficient (Wildman–Crippen LogP) is 3.76. The van der Waals surface area contributed by atoms with Gasteiger partial charge in [-0.3, -0.25) is 0 Å². The molecule has 0 aliphatic rings. The SMILES string of the molecule is Cc1ccc2cc3ccc(N)cc3[o+]c2c1. The summed E-state index contributed by atoms with van der Waals surface area (Å²) in [5.74, 6) is 0. The van der Waals surface area contributed by atoms with E-state index < -0.39 is 0 Å². The first-order chi connectivity index (χ1) is 7.72. The van der Waals surface area contributed by atoms with Crippen molar-refractivity contribution in [2.75, 3.05) is 5.73 Å². The quantitative estimate of drug-likeness (QED) is 0.348. The third-order valence-electron chi connectivity index (χ3n) is 2.74. The number of benzene rings is 2. The number of hydrogen-bond acceptors (Lipinski definition) is 1. The maximum absolute atomic E-state index is 5.83. The highest BCUT2D eigenvalue weighted by atomic mass is 16.3. The Balaban J connectivity index is 2.44. The summed E-state index contributed by atoms with van der Waals surface area (Å²) in [6, 6.07) is 14.0. The molecule has 0 saturated carbocycles. The smallest absolute Gasteiger partial charge is 0.362 e. The van der Waals surface area contributed by atoms with Gasteiger partial charge in [-0.15, -0.1) is 0 Å². The number of anilines is 1. The molecule has 0 radical (unpaired) electrons. The van der Waals surface area contributed by atoms with Crippen molar-refractivity contribution in [1.29, 1.82) is 0 Å². The van der Waals surface area contributed by atoms with Crippen molar-refractivity contribution in [3.63, 3.8) is 0 Å². The summed E-state index contributed by atoms with van der Waals surface area (Å²) in [4.78, 5) is 0. The van der Waals surface area contributed by atoms with Crippen LogP contribution in [0.2, 0.25) is 0 Å². The molecule has 0 fully saturated rings. The maximum Gasteiger partial charge on any atom is 0.362 e. The number of fused-ring (bicyclic) bond motifs is 2. The fourth-order valence-electron chi connectivity index (χ4n) is 1.89. The lowest BCUT2D eigenvalue weighted by atomic mass is 10.1. The molecule has 16 heavy (non-hydrogen) atoms. The highest BCUT2D eigenvalue weighted by Gasteiger charge is 2.11. The van der Waals surface area contributed by atoms with Gasteiger partial charge in [0.15, 0.2) is 0 Å². The van der Waals surface area contributed by atoms with E-state index in [1.807, 2.05) is 24.3 Å². The second kappa shape index (κ2) is 3.20. The molecule has 1 aromatic heterocycles. The zero-order valence-electron chi connectivity index (χ0n) is 9.03. The van der Waals surface area contributed by atoms with Gasteiger partial charge in [0.1, 0.15) is 0 Å². The Morgan fingerprint density at radius 1 is 0.875 bits per heavy atom. The van der Waals surface area contributed by atoms with E-state index in [0.717, 1.165) is 27.6 Å². The highest BCUT2D eigenvalue weighted by molar-refractivity contribution is 5.91. The molecule has 2 aromatic carbocycles. The Morgan fingerprint density at radius 2 is 1.56 bits per heavy atom. The van der Waals surface area contributed by atoms with Crippen LogP contribution in [0.5, 0.6) is 0 Å². The molecule has 2 N–H and O–H groups in total. The summed E-state index contributed by atoms with van der Waals surface area (Å²) in [6.07, 6.45) is 0. The van der Waals surface area contributed by atoms with Crippen molar-refractivity contribution in [2.45, 2.75) is 6.92 Å². The number of nitrogen functional groups attached to an aromatic ring is 1. The number of aryl methyl sites for hydroxylation is 1. The molecule has 3 rings (SSSR count). The summed E-state index contributed by atoms with van der Waals surface area (Å²) in [5, 5.41) is 2.19. The molecule has 0 atom stereocenters. The third kappa shape index (κ3) is 1.39. The molecule has 2 nitrogen and oxygen atoms in total. The first kappa shape index (κ1) is 9.16. The van der Waals surface area contributed by atoms with Crippen LogP contribution in [-0.4, -0.2) is 0 Å². The van der Waals surface area contributed by atoms with Gasteiger partial charge in [-0.2, -0.15) is 0 Å². The van der Waals surface area contributed by atoms with E-state index in [1.54, 1.807) is 0 Å². The second-order valence-electron chi connectivity index (χ2n) is 4.08. The summed E-state index contributed by atoms with van der Waals surface area (Å²) in [5.41, 5.74) is 9.39. The van der Waals surface area contributed by atoms with E-state index >= 15 is 0 Å². The summed E-state index contributed by atoms with van der Waals surface area (Å²) in [7, 11) is 0. The molecule has 1 heterocycles. The Labute approximate surface area is 93.3 Å². The molecule has 0 unspecified atom stereocenters. The van der Waals surface area contributed by atoms with Crippen LogP contribution >= 0.6 is 0 Å². The van der Waals surface area contributed by atoms with Crippen molar-refractivity contribution in [3.05, 3.63) is 48.0 Å². The van der Waals surface area contributed by atoms with Crippen LogP contribution < -0.4 is 5.73 Å². The average Bonchev–Trinajstić information content (AvgIpc) is 2.26. The Bertz CT molecular complexity index is 632. The molecular weight excluding hydrogens is 198 g/mol. The van der Waals surface area contributed by atoms with E-state index in [0.29, 0.717) is 0 Å². The summed E-state index contributed by atoms with van der Waals surface area (Å²) >= 11 is 0. The fraction of sp³-hybridized carbons (Fsp3) is 0.0714. The monoisotopic (exact) mass is 210 g/mol. The van der Waals surface area contributed by atoms with Crippen LogP contribution in [0.3, 0.4) is 0 Å². The van der Waals surface area contributed by atoms with Crippen LogP contribution in [-0.2, 0) is 0 Å². The van der Waals surface area contributed by atoms with Crippen molar-refractivity contribution in [2.24, 2.45) is 0 Å². The molecule has 0 amide bonds. The first-order valence-electron chi connectivity index (χ1n) is 5.25. The lowest BCUT2D eigenvalue weighted by molar-refractivity contribution is 0.660. The van der Waals surface area contributed by atoms with Crippen LogP contribution in [0.4, 0.5) is 5.69 Å². The molecule has 0 aliphatic carbocycles. The molecule has 0 saturated heterocycles. The molecule has 2 heteroatoms. The van der Waals surface area contributed by atoms with Gasteiger partial charge < -0.3 is 5.73 Å². The topological polar surface area (TPSA) is 37.3 Å². The Hall–Kier alpha value is -2.09. The number of hydrogen-bond donors (Lipinski definition) is 1. The van der Waals surface area contributed by atoms with Gasteiger partial charge >= 0.3 is 11.2 Å². The lowest BCUT2D eigenvalue weighted by Gasteiger charge is -1.94. The van der Waals surface area contributed by atoms with Gasteiger partial charge in [0, 0.05) is 11.8 Å². The third-order valence-corrected chi connectivity index (χ3v) is 2.74. The van der Waals surface area contributed by atoms with Crippen LogP contribution in [0.25, 0.3) is 21.9 Å². The molecular formula is C14H12NO+. The minimum Gasteiger partial charge on any atom is -0.398 e. The molecule has 78 valence electrons. The fourth-order valence-corrected chi connectivity index (χ4v) is 1.89. The van der Waals surface area contributed by atoms with E-state index in [1.165, 1.54) is 5.56 Å². The Morgan fingerprint density at radius 3 is 2.38 bits per heavy atom. The van der Waals surface area contributed by atoms with Gasteiger partial charge in [0.25, 0.3) is 0 Å². The molecule has 0 bridgehead atoms. The van der Waals surface area contributed by atoms with Crippen molar-refractivity contribution >= 4 is 27.6 Å². The van der Waals surface area contributed by atoms with Gasteiger partial charge in [0.2, 0.25) is 0 Å². The van der Waals surface area contributed by atoms with E-state index in [9.17, 15) is 0 Å². The van der Waals surface area contributed by atoms with Crippen molar-refractivity contribution in [1.82, 2.24) is 0 Å². The van der Waals surface area contributed by atoms with Crippen LogP contribution in [0.15, 0.2) is 46.9 Å². The molecule has 0 aliphatic heterocycles. The standard InChI is InChI=1S/C14H12NO/c1-9-2-3-10-7-11-4-5-12(15)8-14(11)16-13(10)6-9/h2-8H,15H2,1H3/q+1. The van der Waals surface area contributed by atoms with Gasteiger partial charge in [-0.25, -0.2) is 4.42 Å². The Kier molecular flexibility index (Phi) is 1.83. The zero-order chi connectivity index (χ0) is 11.1. The largest absolute Gasteiger partial charge is 0.398 e. The summed E-state index contributed by atoms with van der Waals surface area (Å²) < 4.78 is 5.83. The number of nitrogens with two attached hydrogens (primary N) is 1. The van der Waals surface area contributed by atoms with Crippen molar-refractivity contribution in [3.8, 4) is 0 Å². The normalized spacial score (nSPS) is 11.1. The predicted molar refractivity (Wildman–Crippen MR) is 67.3 cm³/mol. The highest BCUT2D eigenvalue weighted by Crippen LogP contribution is 2.25. The summed E-state index contributed by atoms with van der Waals surface area (Å²) in [6.45, 7) is 2.05. The minimum absolute atomic E-state index is 0.725. The van der Waals surface area contributed by atoms with E-state index in [2.05, 4.69) is 25.1 Å². The lowest BCUT2D eigenvalue weighted by Crippen LogP contribution is -1.84. The molecule has 0 spiro atoms. The van der Waals surface area contributed by atoms with Gasteiger partial charge in [0.05, 0.1) is 16.8 Å². The van der Waals surface area contributed by atoms with Crippen molar-refractivity contribution < 1.29 is 4.42 Å². The maximum atomic E-state index is 5.83. The van der Waals surface area contributed by atoms with Crippen LogP contribution in [0, 0.1) is 6.92 Å². The minimum atomic E-state index is 0.725. The van der Waals surface area contributed by atoms with Gasteiger partial charge in [-0.1, -0.05) is 6.07 Å². The molecule has 3 aromatic rings. The van der Waals surface area contributed by atoms with Crippen LogP contribution in [0.1, 0.15) is 5.56 Å². The average molecular weight is 210 g/mol. The van der Waals surface area contributed by atoms with E-state index in [-0.39, 0.29) is 0 Å².